The van der Waals surface area contributed by atoms with Crippen LogP contribution in [0.3, 0.4) is 0 Å². The van der Waals surface area contributed by atoms with E-state index in [9.17, 15) is 0 Å². The van der Waals surface area contributed by atoms with E-state index in [2.05, 4.69) is 41.5 Å². The molecule has 0 radical (unpaired) electrons. The Labute approximate surface area is 110 Å². The molecule has 1 heterocycles. The van der Waals surface area contributed by atoms with Crippen LogP contribution in [0.1, 0.15) is 42.7 Å². The molecule has 0 spiro atoms. The minimum Gasteiger partial charge on any atom is -0.309 e. The second kappa shape index (κ2) is 5.41. The molecule has 1 N–H and O–H groups in total. The van der Waals surface area contributed by atoms with Crippen molar-refractivity contribution in [3.8, 4) is 0 Å². The quantitative estimate of drug-likeness (QED) is 0.876. The third-order valence-electron chi connectivity index (χ3n) is 4.22. The van der Waals surface area contributed by atoms with Crippen molar-refractivity contribution in [1.29, 1.82) is 0 Å². The van der Waals surface area contributed by atoms with Crippen LogP contribution >= 0.6 is 0 Å². The first-order valence-electron chi connectivity index (χ1n) is 7.32. The molecule has 2 aliphatic rings. The Morgan fingerprint density at radius 1 is 1.28 bits per heavy atom. The Bertz CT molecular complexity index is 398. The molecule has 0 aromatic heterocycles. The Morgan fingerprint density at radius 2 is 2.17 bits per heavy atom. The molecular formula is C16H24N2. The van der Waals surface area contributed by atoms with Crippen molar-refractivity contribution in [3.63, 3.8) is 0 Å². The van der Waals surface area contributed by atoms with Gasteiger partial charge in [-0.25, -0.2) is 0 Å². The van der Waals surface area contributed by atoms with Crippen LogP contribution in [0, 0.1) is 0 Å². The summed E-state index contributed by atoms with van der Waals surface area (Å²) in [6.45, 7) is 3.48. The summed E-state index contributed by atoms with van der Waals surface area (Å²) in [6.07, 6.45) is 5.44. The molecule has 1 saturated carbocycles. The number of piperidine rings is 1. The Balaban J connectivity index is 1.54. The first-order chi connectivity index (χ1) is 8.81. The van der Waals surface area contributed by atoms with E-state index < -0.39 is 0 Å². The van der Waals surface area contributed by atoms with Crippen LogP contribution in [0.5, 0.6) is 0 Å². The van der Waals surface area contributed by atoms with Crippen molar-refractivity contribution in [1.82, 2.24) is 10.2 Å². The van der Waals surface area contributed by atoms with E-state index in [1.54, 1.807) is 5.56 Å². The summed E-state index contributed by atoms with van der Waals surface area (Å²) in [6, 6.07) is 9.84. The summed E-state index contributed by atoms with van der Waals surface area (Å²) in [5.74, 6) is 0.866. The molecule has 2 heteroatoms. The minimum absolute atomic E-state index is 0.674. The van der Waals surface area contributed by atoms with Crippen molar-refractivity contribution in [3.05, 3.63) is 35.4 Å². The second-order valence-corrected chi connectivity index (χ2v) is 6.00. The van der Waals surface area contributed by atoms with Gasteiger partial charge in [-0.3, -0.25) is 0 Å². The van der Waals surface area contributed by atoms with Gasteiger partial charge in [0.2, 0.25) is 0 Å². The van der Waals surface area contributed by atoms with Gasteiger partial charge >= 0.3 is 0 Å². The SMILES string of the molecule is CN1CCCC(NCc2cccc(C3CC3)c2)C1. The van der Waals surface area contributed by atoms with Gasteiger partial charge < -0.3 is 10.2 Å². The number of nitrogens with zero attached hydrogens (tertiary/aromatic N) is 1. The van der Waals surface area contributed by atoms with Gasteiger partial charge in [0.05, 0.1) is 0 Å². The highest BCUT2D eigenvalue weighted by molar-refractivity contribution is 5.29. The van der Waals surface area contributed by atoms with Crippen LogP contribution in [0.2, 0.25) is 0 Å². The van der Waals surface area contributed by atoms with Crippen molar-refractivity contribution in [2.24, 2.45) is 0 Å². The lowest BCUT2D eigenvalue weighted by molar-refractivity contribution is 0.226. The van der Waals surface area contributed by atoms with Gasteiger partial charge in [-0.1, -0.05) is 24.3 Å². The van der Waals surface area contributed by atoms with Gasteiger partial charge in [-0.15, -0.1) is 0 Å². The van der Waals surface area contributed by atoms with Crippen LogP contribution in [-0.2, 0) is 6.54 Å². The molecule has 2 fully saturated rings. The summed E-state index contributed by atoms with van der Waals surface area (Å²) in [7, 11) is 2.22. The smallest absolute Gasteiger partial charge is 0.0208 e. The van der Waals surface area contributed by atoms with E-state index in [1.165, 1.54) is 44.3 Å². The zero-order chi connectivity index (χ0) is 12.4. The molecule has 1 aromatic carbocycles. The van der Waals surface area contributed by atoms with E-state index in [0.29, 0.717) is 6.04 Å². The van der Waals surface area contributed by atoms with Crippen LogP contribution < -0.4 is 5.32 Å². The number of hydrogen-bond donors (Lipinski definition) is 1. The lowest BCUT2D eigenvalue weighted by Gasteiger charge is -2.30. The number of likely N-dealkylation sites (tertiary alicyclic amines) is 1. The predicted molar refractivity (Wildman–Crippen MR) is 75.8 cm³/mol. The Hall–Kier alpha value is -0.860. The summed E-state index contributed by atoms with van der Waals surface area (Å²) in [5, 5.41) is 3.71. The molecule has 1 aliphatic carbocycles. The normalized spacial score (nSPS) is 25.3. The fraction of sp³-hybridized carbons (Fsp3) is 0.625. The molecule has 18 heavy (non-hydrogen) atoms. The van der Waals surface area contributed by atoms with Gasteiger partial charge in [-0.2, -0.15) is 0 Å². The molecule has 1 saturated heterocycles. The van der Waals surface area contributed by atoms with Gasteiger partial charge in [0.25, 0.3) is 0 Å². The predicted octanol–water partition coefficient (Wildman–Crippen LogP) is 2.75. The molecule has 1 aliphatic heterocycles. The molecule has 0 bridgehead atoms. The first-order valence-corrected chi connectivity index (χ1v) is 7.32. The topological polar surface area (TPSA) is 15.3 Å². The number of hydrogen-bond acceptors (Lipinski definition) is 2. The van der Waals surface area contributed by atoms with Gasteiger partial charge in [0.1, 0.15) is 0 Å². The summed E-state index contributed by atoms with van der Waals surface area (Å²) < 4.78 is 0. The molecule has 98 valence electrons. The van der Waals surface area contributed by atoms with Gasteiger partial charge in [0.15, 0.2) is 0 Å². The van der Waals surface area contributed by atoms with Crippen molar-refractivity contribution >= 4 is 0 Å². The maximum absolute atomic E-state index is 3.71. The zero-order valence-electron chi connectivity index (χ0n) is 11.4. The second-order valence-electron chi connectivity index (χ2n) is 6.00. The van der Waals surface area contributed by atoms with Gasteiger partial charge in [-0.05, 0) is 56.3 Å². The highest BCUT2D eigenvalue weighted by Crippen LogP contribution is 2.40. The third-order valence-corrected chi connectivity index (χ3v) is 4.22. The maximum Gasteiger partial charge on any atom is 0.0208 e. The molecule has 1 atom stereocenters. The fourth-order valence-electron chi connectivity index (χ4n) is 2.97. The van der Waals surface area contributed by atoms with Crippen LogP contribution in [0.25, 0.3) is 0 Å². The number of nitrogens with one attached hydrogen (secondary N) is 1. The van der Waals surface area contributed by atoms with Gasteiger partial charge in [0, 0.05) is 19.1 Å². The molecule has 0 amide bonds. The molecule has 2 nitrogen and oxygen atoms in total. The van der Waals surface area contributed by atoms with E-state index >= 15 is 0 Å². The zero-order valence-corrected chi connectivity index (χ0v) is 11.4. The van der Waals surface area contributed by atoms with Crippen molar-refractivity contribution in [2.45, 2.75) is 44.2 Å². The van der Waals surface area contributed by atoms with Crippen molar-refractivity contribution < 1.29 is 0 Å². The fourth-order valence-corrected chi connectivity index (χ4v) is 2.97. The highest BCUT2D eigenvalue weighted by atomic mass is 15.1. The largest absolute Gasteiger partial charge is 0.309 e. The average molecular weight is 244 g/mol. The summed E-state index contributed by atoms with van der Waals surface area (Å²) in [5.41, 5.74) is 3.00. The maximum atomic E-state index is 3.71. The molecule has 3 rings (SSSR count). The average Bonchev–Trinajstić information content (AvgIpc) is 3.21. The lowest BCUT2D eigenvalue weighted by Crippen LogP contribution is -2.43. The highest BCUT2D eigenvalue weighted by Gasteiger charge is 2.23. The number of benzene rings is 1. The molecule has 1 unspecified atom stereocenters. The number of rotatable bonds is 4. The third kappa shape index (κ3) is 3.12. The Morgan fingerprint density at radius 3 is 2.94 bits per heavy atom. The van der Waals surface area contributed by atoms with Crippen LogP contribution in [-0.4, -0.2) is 31.1 Å². The Kier molecular flexibility index (Phi) is 3.67. The first kappa shape index (κ1) is 12.2. The van der Waals surface area contributed by atoms with E-state index in [-0.39, 0.29) is 0 Å². The summed E-state index contributed by atoms with van der Waals surface area (Å²) >= 11 is 0. The monoisotopic (exact) mass is 244 g/mol. The molecule has 1 aromatic rings. The number of likely N-dealkylation sites (N-methyl/N-ethyl adjacent to an activating group) is 1. The summed E-state index contributed by atoms with van der Waals surface area (Å²) in [4.78, 5) is 2.43. The molecular weight excluding hydrogens is 220 g/mol. The van der Waals surface area contributed by atoms with E-state index in [4.69, 9.17) is 0 Å². The minimum atomic E-state index is 0.674. The lowest BCUT2D eigenvalue weighted by atomic mass is 10.0. The van der Waals surface area contributed by atoms with Crippen LogP contribution in [0.4, 0.5) is 0 Å². The van der Waals surface area contributed by atoms with Crippen molar-refractivity contribution in [2.75, 3.05) is 20.1 Å². The standard InChI is InChI=1S/C16H24N2/c1-18-9-3-6-16(12-18)17-11-13-4-2-5-15(10-13)14-7-8-14/h2,4-5,10,14,16-17H,3,6-9,11-12H2,1H3. The van der Waals surface area contributed by atoms with E-state index in [1.807, 2.05) is 0 Å². The van der Waals surface area contributed by atoms with E-state index in [0.717, 1.165) is 12.5 Å². The van der Waals surface area contributed by atoms with Crippen LogP contribution in [0.15, 0.2) is 24.3 Å².